The van der Waals surface area contributed by atoms with Crippen LogP contribution in [0.4, 0.5) is 0 Å². The van der Waals surface area contributed by atoms with Crippen LogP contribution in [0.2, 0.25) is 0 Å². The molecular weight excluding hydrogens is 184 g/mol. The molecule has 1 aliphatic carbocycles. The lowest BCUT2D eigenvalue weighted by molar-refractivity contribution is 0.330. The van der Waals surface area contributed by atoms with E-state index in [1.807, 2.05) is 13.1 Å². The van der Waals surface area contributed by atoms with Gasteiger partial charge in [0, 0.05) is 6.54 Å². The van der Waals surface area contributed by atoms with Crippen LogP contribution >= 0.6 is 0 Å². The van der Waals surface area contributed by atoms with Crippen molar-refractivity contribution in [2.45, 2.75) is 39.5 Å². The second-order valence-corrected chi connectivity index (χ2v) is 4.77. The molecule has 0 aromatic rings. The fourth-order valence-corrected chi connectivity index (χ4v) is 2.26. The second kappa shape index (κ2) is 7.00. The molecular formula is C13H26N2. The zero-order chi connectivity index (χ0) is 11.1. The predicted octanol–water partition coefficient (Wildman–Crippen LogP) is 2.84. The molecule has 0 amide bonds. The first-order valence-corrected chi connectivity index (χ1v) is 6.40. The van der Waals surface area contributed by atoms with Crippen molar-refractivity contribution in [3.63, 3.8) is 0 Å². The van der Waals surface area contributed by atoms with Gasteiger partial charge in [0.15, 0.2) is 0 Å². The summed E-state index contributed by atoms with van der Waals surface area (Å²) in [5, 5.41) is 0. The van der Waals surface area contributed by atoms with Gasteiger partial charge in [-0.3, -0.25) is 4.99 Å². The van der Waals surface area contributed by atoms with Gasteiger partial charge in [-0.25, -0.2) is 0 Å². The fourth-order valence-electron chi connectivity index (χ4n) is 2.26. The van der Waals surface area contributed by atoms with Gasteiger partial charge < -0.3 is 4.90 Å². The van der Waals surface area contributed by atoms with Crippen LogP contribution in [0.15, 0.2) is 4.99 Å². The monoisotopic (exact) mass is 210 g/mol. The van der Waals surface area contributed by atoms with E-state index in [-0.39, 0.29) is 0 Å². The molecule has 2 nitrogen and oxygen atoms in total. The summed E-state index contributed by atoms with van der Waals surface area (Å²) in [4.78, 5) is 6.63. The Hall–Kier alpha value is -0.370. The first-order chi connectivity index (χ1) is 7.27. The molecule has 0 aliphatic heterocycles. The van der Waals surface area contributed by atoms with E-state index < -0.39 is 0 Å². The molecule has 0 bridgehead atoms. The van der Waals surface area contributed by atoms with Crippen molar-refractivity contribution in [2.24, 2.45) is 16.8 Å². The van der Waals surface area contributed by atoms with Gasteiger partial charge in [0.05, 0.1) is 6.54 Å². The van der Waals surface area contributed by atoms with E-state index >= 15 is 0 Å². The molecule has 2 unspecified atom stereocenters. The van der Waals surface area contributed by atoms with Crippen LogP contribution in [-0.4, -0.2) is 37.8 Å². The van der Waals surface area contributed by atoms with Gasteiger partial charge in [0.1, 0.15) is 0 Å². The second-order valence-electron chi connectivity index (χ2n) is 4.77. The standard InChI is InChI=1S/C13H26N2/c1-4-12-11-13(12)7-6-9-15(3)10-8-14-5-2/h5,12-13H,4,6-11H2,1-3H3. The number of rotatable bonds is 8. The minimum Gasteiger partial charge on any atom is -0.305 e. The number of hydrogen-bond donors (Lipinski definition) is 0. The van der Waals surface area contributed by atoms with E-state index in [1.54, 1.807) is 0 Å². The van der Waals surface area contributed by atoms with E-state index in [4.69, 9.17) is 0 Å². The van der Waals surface area contributed by atoms with Crippen molar-refractivity contribution in [3.05, 3.63) is 0 Å². The highest BCUT2D eigenvalue weighted by atomic mass is 15.1. The number of hydrogen-bond acceptors (Lipinski definition) is 2. The fraction of sp³-hybridized carbons (Fsp3) is 0.923. The molecule has 0 radical (unpaired) electrons. The number of likely N-dealkylation sites (N-methyl/N-ethyl adjacent to an activating group) is 1. The van der Waals surface area contributed by atoms with Crippen molar-refractivity contribution in [1.82, 2.24) is 4.90 Å². The van der Waals surface area contributed by atoms with Crippen LogP contribution < -0.4 is 0 Å². The molecule has 0 aromatic carbocycles. The predicted molar refractivity (Wildman–Crippen MR) is 67.7 cm³/mol. The highest BCUT2D eigenvalue weighted by molar-refractivity contribution is 5.53. The van der Waals surface area contributed by atoms with Crippen LogP contribution in [0, 0.1) is 11.8 Å². The summed E-state index contributed by atoms with van der Waals surface area (Å²) in [6.45, 7) is 7.60. The highest BCUT2D eigenvalue weighted by Gasteiger charge is 2.33. The van der Waals surface area contributed by atoms with Crippen LogP contribution in [0.25, 0.3) is 0 Å². The van der Waals surface area contributed by atoms with Crippen molar-refractivity contribution < 1.29 is 0 Å². The van der Waals surface area contributed by atoms with Gasteiger partial charge in [0.25, 0.3) is 0 Å². The molecule has 1 saturated carbocycles. The summed E-state index contributed by atoms with van der Waals surface area (Å²) in [6, 6.07) is 0. The third-order valence-corrected chi connectivity index (χ3v) is 3.50. The Morgan fingerprint density at radius 2 is 2.13 bits per heavy atom. The van der Waals surface area contributed by atoms with Crippen LogP contribution in [-0.2, 0) is 0 Å². The van der Waals surface area contributed by atoms with E-state index in [1.165, 1.54) is 32.2 Å². The van der Waals surface area contributed by atoms with E-state index in [2.05, 4.69) is 23.9 Å². The normalized spacial score (nSPS) is 25.3. The van der Waals surface area contributed by atoms with Crippen LogP contribution in [0.1, 0.15) is 39.5 Å². The quantitative estimate of drug-likeness (QED) is 0.562. The molecule has 15 heavy (non-hydrogen) atoms. The van der Waals surface area contributed by atoms with Crippen molar-refractivity contribution in [1.29, 1.82) is 0 Å². The molecule has 2 heteroatoms. The lowest BCUT2D eigenvalue weighted by Crippen LogP contribution is -2.22. The molecule has 0 saturated heterocycles. The third kappa shape index (κ3) is 5.31. The average Bonchev–Trinajstić information content (AvgIpc) is 2.97. The first-order valence-electron chi connectivity index (χ1n) is 6.40. The molecule has 1 rings (SSSR count). The first kappa shape index (κ1) is 12.7. The topological polar surface area (TPSA) is 15.6 Å². The Labute approximate surface area is 94.8 Å². The maximum atomic E-state index is 4.23. The van der Waals surface area contributed by atoms with Crippen molar-refractivity contribution >= 4 is 6.21 Å². The third-order valence-electron chi connectivity index (χ3n) is 3.50. The molecule has 0 N–H and O–H groups in total. The maximum absolute atomic E-state index is 4.23. The van der Waals surface area contributed by atoms with Crippen LogP contribution in [0.5, 0.6) is 0 Å². The van der Waals surface area contributed by atoms with Gasteiger partial charge in [0.2, 0.25) is 0 Å². The maximum Gasteiger partial charge on any atom is 0.0512 e. The molecule has 0 spiro atoms. The van der Waals surface area contributed by atoms with Gasteiger partial charge in [-0.05, 0) is 57.8 Å². The number of nitrogens with zero attached hydrogens (tertiary/aromatic N) is 2. The zero-order valence-electron chi connectivity index (χ0n) is 10.6. The van der Waals surface area contributed by atoms with E-state index in [0.29, 0.717) is 0 Å². The molecule has 88 valence electrons. The minimum absolute atomic E-state index is 0.952. The summed E-state index contributed by atoms with van der Waals surface area (Å²) in [5.41, 5.74) is 0. The summed E-state index contributed by atoms with van der Waals surface area (Å²) in [6.07, 6.45) is 7.60. The SMILES string of the molecule is CC=NCCN(C)CCCC1CC1CC. The highest BCUT2D eigenvalue weighted by Crippen LogP contribution is 2.44. The van der Waals surface area contributed by atoms with Crippen molar-refractivity contribution in [2.75, 3.05) is 26.7 Å². The van der Waals surface area contributed by atoms with E-state index in [0.717, 1.165) is 24.9 Å². The molecule has 1 aliphatic rings. The summed E-state index contributed by atoms with van der Waals surface area (Å²) < 4.78 is 0. The Morgan fingerprint density at radius 3 is 2.73 bits per heavy atom. The summed E-state index contributed by atoms with van der Waals surface area (Å²) in [5.74, 6) is 2.14. The van der Waals surface area contributed by atoms with Gasteiger partial charge in [-0.15, -0.1) is 0 Å². The van der Waals surface area contributed by atoms with Gasteiger partial charge >= 0.3 is 0 Å². The Kier molecular flexibility index (Phi) is 5.92. The zero-order valence-corrected chi connectivity index (χ0v) is 10.6. The Bertz CT molecular complexity index is 189. The summed E-state index contributed by atoms with van der Waals surface area (Å²) >= 11 is 0. The Balaban J connectivity index is 1.91. The van der Waals surface area contributed by atoms with Gasteiger partial charge in [-0.2, -0.15) is 0 Å². The largest absolute Gasteiger partial charge is 0.305 e. The van der Waals surface area contributed by atoms with E-state index in [9.17, 15) is 0 Å². The minimum atomic E-state index is 0.952. The van der Waals surface area contributed by atoms with Crippen LogP contribution in [0.3, 0.4) is 0 Å². The summed E-state index contributed by atoms with van der Waals surface area (Å²) in [7, 11) is 2.20. The van der Waals surface area contributed by atoms with Crippen molar-refractivity contribution in [3.8, 4) is 0 Å². The smallest absolute Gasteiger partial charge is 0.0512 e. The molecule has 1 fully saturated rings. The number of aliphatic imine (C=N–C) groups is 1. The lowest BCUT2D eigenvalue weighted by Gasteiger charge is -2.14. The lowest BCUT2D eigenvalue weighted by atomic mass is 10.1. The molecule has 0 aromatic heterocycles. The molecule has 0 heterocycles. The molecule has 2 atom stereocenters. The van der Waals surface area contributed by atoms with Gasteiger partial charge in [-0.1, -0.05) is 13.3 Å². The Morgan fingerprint density at radius 1 is 1.33 bits per heavy atom. The average molecular weight is 210 g/mol.